The molecule has 0 N–H and O–H groups in total. The van der Waals surface area contributed by atoms with E-state index in [1.807, 2.05) is 37.4 Å². The molecule has 0 saturated heterocycles. The van der Waals surface area contributed by atoms with Crippen LogP contribution in [0.1, 0.15) is 10.4 Å². The molecule has 1 aromatic heterocycles. The highest BCUT2D eigenvalue weighted by Gasteiger charge is 2.13. The molecule has 0 spiro atoms. The molecule has 102 valence electrons. The summed E-state index contributed by atoms with van der Waals surface area (Å²) in [7, 11) is 5.21. The second-order valence-electron chi connectivity index (χ2n) is 4.67. The molecule has 0 bridgehead atoms. The molecular weight excluding hydrogens is 254 g/mol. The van der Waals surface area contributed by atoms with E-state index >= 15 is 0 Å². The van der Waals surface area contributed by atoms with Gasteiger partial charge in [-0.25, -0.2) is 0 Å². The number of ether oxygens (including phenoxy) is 2. The van der Waals surface area contributed by atoms with Crippen molar-refractivity contribution in [3.8, 4) is 11.5 Å². The van der Waals surface area contributed by atoms with Gasteiger partial charge in [-0.2, -0.15) is 0 Å². The van der Waals surface area contributed by atoms with Gasteiger partial charge >= 0.3 is 0 Å². The van der Waals surface area contributed by atoms with Crippen LogP contribution in [0.2, 0.25) is 0 Å². The van der Waals surface area contributed by atoms with Crippen molar-refractivity contribution in [3.63, 3.8) is 0 Å². The minimum Gasteiger partial charge on any atom is -0.497 e. The molecule has 4 nitrogen and oxygen atoms in total. The molecule has 0 aliphatic rings. The first kappa shape index (κ1) is 12.5. The average molecular weight is 269 g/mol. The van der Waals surface area contributed by atoms with Gasteiger partial charge in [0.1, 0.15) is 11.5 Å². The van der Waals surface area contributed by atoms with Crippen LogP contribution in [-0.4, -0.2) is 25.1 Å². The van der Waals surface area contributed by atoms with Crippen molar-refractivity contribution in [2.24, 2.45) is 7.05 Å². The Bertz CT molecular complexity index is 818. The summed E-state index contributed by atoms with van der Waals surface area (Å²) in [6, 6.07) is 9.69. The van der Waals surface area contributed by atoms with Gasteiger partial charge in [0, 0.05) is 29.4 Å². The number of rotatable bonds is 3. The summed E-state index contributed by atoms with van der Waals surface area (Å²) in [6.07, 6.45) is 0.817. The number of aromatic nitrogens is 1. The Hall–Kier alpha value is -2.49. The monoisotopic (exact) mass is 269 g/mol. The lowest BCUT2D eigenvalue weighted by Gasteiger charge is -2.04. The number of hydrogen-bond acceptors (Lipinski definition) is 3. The van der Waals surface area contributed by atoms with Crippen LogP contribution in [0.5, 0.6) is 11.5 Å². The summed E-state index contributed by atoms with van der Waals surface area (Å²) in [4.78, 5) is 11.2. The van der Waals surface area contributed by atoms with Crippen molar-refractivity contribution in [3.05, 3.63) is 35.9 Å². The zero-order valence-electron chi connectivity index (χ0n) is 11.6. The molecule has 0 radical (unpaired) electrons. The van der Waals surface area contributed by atoms with Crippen LogP contribution >= 0.6 is 0 Å². The lowest BCUT2D eigenvalue weighted by atomic mass is 10.1. The molecule has 0 fully saturated rings. The summed E-state index contributed by atoms with van der Waals surface area (Å²) in [5.41, 5.74) is 2.66. The van der Waals surface area contributed by atoms with Gasteiger partial charge in [0.2, 0.25) is 0 Å². The quantitative estimate of drug-likeness (QED) is 0.686. The summed E-state index contributed by atoms with van der Waals surface area (Å²) in [6.45, 7) is 0. The van der Waals surface area contributed by atoms with E-state index in [2.05, 4.69) is 4.57 Å². The number of carbonyl (C=O) groups is 1. The van der Waals surface area contributed by atoms with Crippen LogP contribution in [-0.2, 0) is 7.05 Å². The van der Waals surface area contributed by atoms with E-state index in [-0.39, 0.29) is 0 Å². The summed E-state index contributed by atoms with van der Waals surface area (Å²) in [5, 5.41) is 2.08. The summed E-state index contributed by atoms with van der Waals surface area (Å²) in [5.74, 6) is 1.39. The number of carbonyl (C=O) groups excluding carboxylic acids is 1. The predicted molar refractivity (Wildman–Crippen MR) is 78.9 cm³/mol. The van der Waals surface area contributed by atoms with Gasteiger partial charge < -0.3 is 14.0 Å². The van der Waals surface area contributed by atoms with Crippen LogP contribution in [0.15, 0.2) is 30.3 Å². The Morgan fingerprint density at radius 3 is 2.40 bits per heavy atom. The Labute approximate surface area is 116 Å². The molecule has 1 heterocycles. The molecule has 0 saturated carbocycles. The molecule has 3 aromatic rings. The van der Waals surface area contributed by atoms with Gasteiger partial charge in [0.15, 0.2) is 6.29 Å². The molecule has 2 aromatic carbocycles. The lowest BCUT2D eigenvalue weighted by molar-refractivity contribution is 0.112. The van der Waals surface area contributed by atoms with E-state index in [9.17, 15) is 4.79 Å². The minimum absolute atomic E-state index is 0.551. The van der Waals surface area contributed by atoms with Crippen LogP contribution in [0.3, 0.4) is 0 Å². The van der Waals surface area contributed by atoms with Gasteiger partial charge in [0.25, 0.3) is 0 Å². The van der Waals surface area contributed by atoms with Crippen molar-refractivity contribution >= 4 is 28.1 Å². The Morgan fingerprint density at radius 2 is 1.75 bits per heavy atom. The summed E-state index contributed by atoms with van der Waals surface area (Å²) < 4.78 is 12.6. The number of methoxy groups -OCH3 is 2. The van der Waals surface area contributed by atoms with E-state index < -0.39 is 0 Å². The zero-order valence-corrected chi connectivity index (χ0v) is 11.6. The first-order valence-electron chi connectivity index (χ1n) is 6.29. The molecule has 0 aliphatic carbocycles. The van der Waals surface area contributed by atoms with Crippen molar-refractivity contribution in [1.29, 1.82) is 0 Å². The molecular formula is C16H15NO3. The number of benzene rings is 2. The van der Waals surface area contributed by atoms with Crippen LogP contribution in [0.4, 0.5) is 0 Å². The topological polar surface area (TPSA) is 40.5 Å². The smallest absolute Gasteiger partial charge is 0.153 e. The second-order valence-corrected chi connectivity index (χ2v) is 4.67. The molecule has 0 unspecified atom stereocenters. The van der Waals surface area contributed by atoms with Crippen LogP contribution in [0, 0.1) is 0 Å². The fourth-order valence-corrected chi connectivity index (χ4v) is 2.63. The number of aryl methyl sites for hydroxylation is 1. The van der Waals surface area contributed by atoms with Crippen molar-refractivity contribution in [2.45, 2.75) is 0 Å². The highest BCUT2D eigenvalue weighted by molar-refractivity contribution is 6.10. The Morgan fingerprint density at radius 1 is 1.00 bits per heavy atom. The lowest BCUT2D eigenvalue weighted by Crippen LogP contribution is -1.92. The maximum atomic E-state index is 11.2. The number of nitrogens with zero attached hydrogens (tertiary/aromatic N) is 1. The minimum atomic E-state index is 0.551. The first-order valence-corrected chi connectivity index (χ1v) is 6.29. The average Bonchev–Trinajstić information content (AvgIpc) is 2.77. The Balaban J connectivity index is 2.46. The van der Waals surface area contributed by atoms with Crippen molar-refractivity contribution in [1.82, 2.24) is 4.57 Å². The number of hydrogen-bond donors (Lipinski definition) is 0. The molecule has 20 heavy (non-hydrogen) atoms. The SMILES string of the molecule is COc1ccc2c(c1)c1cc(C=O)c(OC)cc1n2C. The standard InChI is InChI=1S/C16H15NO3/c1-17-14-5-4-11(19-2)7-13(14)12-6-10(9-18)16(20-3)8-15(12)17/h4-9H,1-3H3. The van der Waals surface area contributed by atoms with Gasteiger partial charge in [0.05, 0.1) is 25.3 Å². The van der Waals surface area contributed by atoms with Gasteiger partial charge in [-0.3, -0.25) is 4.79 Å². The van der Waals surface area contributed by atoms with E-state index in [0.29, 0.717) is 11.3 Å². The number of fused-ring (bicyclic) bond motifs is 3. The fraction of sp³-hybridized carbons (Fsp3) is 0.188. The third-order valence-electron chi connectivity index (χ3n) is 3.69. The maximum absolute atomic E-state index is 11.2. The first-order chi connectivity index (χ1) is 9.69. The van der Waals surface area contributed by atoms with Crippen LogP contribution in [0.25, 0.3) is 21.8 Å². The normalized spacial score (nSPS) is 10.9. The Kier molecular flexibility index (Phi) is 2.86. The maximum Gasteiger partial charge on any atom is 0.153 e. The van der Waals surface area contributed by atoms with Gasteiger partial charge in [-0.1, -0.05) is 0 Å². The molecule has 0 aliphatic heterocycles. The third-order valence-corrected chi connectivity index (χ3v) is 3.69. The van der Waals surface area contributed by atoms with Gasteiger partial charge in [-0.05, 0) is 24.3 Å². The molecule has 3 rings (SSSR count). The molecule has 4 heteroatoms. The molecule has 0 amide bonds. The van der Waals surface area contributed by atoms with Gasteiger partial charge in [-0.15, -0.1) is 0 Å². The molecule has 0 atom stereocenters. The summed E-state index contributed by atoms with van der Waals surface area (Å²) >= 11 is 0. The zero-order chi connectivity index (χ0) is 14.3. The van der Waals surface area contributed by atoms with E-state index in [0.717, 1.165) is 33.8 Å². The van der Waals surface area contributed by atoms with E-state index in [4.69, 9.17) is 9.47 Å². The third kappa shape index (κ3) is 1.65. The van der Waals surface area contributed by atoms with E-state index in [1.54, 1.807) is 14.2 Å². The highest BCUT2D eigenvalue weighted by Crippen LogP contribution is 2.34. The largest absolute Gasteiger partial charge is 0.497 e. The fourth-order valence-electron chi connectivity index (χ4n) is 2.63. The predicted octanol–water partition coefficient (Wildman–Crippen LogP) is 3.16. The van der Waals surface area contributed by atoms with E-state index in [1.165, 1.54) is 0 Å². The highest BCUT2D eigenvalue weighted by atomic mass is 16.5. The number of aldehydes is 1. The van der Waals surface area contributed by atoms with Crippen molar-refractivity contribution < 1.29 is 14.3 Å². The second kappa shape index (κ2) is 4.56. The van der Waals surface area contributed by atoms with Crippen molar-refractivity contribution in [2.75, 3.05) is 14.2 Å². The van der Waals surface area contributed by atoms with Crippen LogP contribution < -0.4 is 9.47 Å².